The maximum absolute atomic E-state index is 9.37. The highest BCUT2D eigenvalue weighted by Crippen LogP contribution is 2.43. The van der Waals surface area contributed by atoms with E-state index in [2.05, 4.69) is 103 Å². The lowest BCUT2D eigenvalue weighted by Gasteiger charge is -2.18. The van der Waals surface area contributed by atoms with Gasteiger partial charge in [0.2, 0.25) is 0 Å². The molecule has 0 fully saturated rings. The summed E-state index contributed by atoms with van der Waals surface area (Å²) in [7, 11) is 0. The van der Waals surface area contributed by atoms with Crippen LogP contribution in [-0.2, 0) is 0 Å². The monoisotopic (exact) mass is 440 g/mol. The molecular weight excluding hydrogens is 416 g/mol. The van der Waals surface area contributed by atoms with Gasteiger partial charge < -0.3 is 9.84 Å². The van der Waals surface area contributed by atoms with E-state index in [0.717, 1.165) is 27.6 Å². The highest BCUT2D eigenvalue weighted by molar-refractivity contribution is 6.11. The molecule has 0 aliphatic heterocycles. The summed E-state index contributed by atoms with van der Waals surface area (Å²) in [6.07, 6.45) is 0. The van der Waals surface area contributed by atoms with Gasteiger partial charge >= 0.3 is 0 Å². The molecule has 6 aromatic carbocycles. The molecule has 2 nitrogen and oxygen atoms in total. The molecule has 0 spiro atoms. The Morgan fingerprint density at radius 1 is 0.529 bits per heavy atom. The highest BCUT2D eigenvalue weighted by Gasteiger charge is 2.16. The smallest absolute Gasteiger partial charge is 0.127 e. The lowest BCUT2D eigenvalue weighted by atomic mass is 9.87. The number of ether oxygens (including phenoxy) is 1. The summed E-state index contributed by atoms with van der Waals surface area (Å²) in [5.74, 6) is 0.791. The number of hydrogen-bond donors (Lipinski definition) is 1. The van der Waals surface area contributed by atoms with Gasteiger partial charge in [0.15, 0.2) is 0 Å². The van der Waals surface area contributed by atoms with Crippen LogP contribution in [0.25, 0.3) is 54.6 Å². The third kappa shape index (κ3) is 3.49. The second kappa shape index (κ2) is 8.66. The molecule has 2 heteroatoms. The highest BCUT2D eigenvalue weighted by atomic mass is 16.5. The molecule has 0 amide bonds. The van der Waals surface area contributed by atoms with Gasteiger partial charge in [-0.25, -0.2) is 0 Å². The van der Waals surface area contributed by atoms with Crippen molar-refractivity contribution in [3.63, 3.8) is 0 Å². The third-order valence-electron chi connectivity index (χ3n) is 6.47. The van der Waals surface area contributed by atoms with E-state index in [1.807, 2.05) is 12.1 Å². The molecular formula is C32H24O2. The van der Waals surface area contributed by atoms with E-state index in [0.29, 0.717) is 0 Å². The quantitative estimate of drug-likeness (QED) is 0.296. The lowest BCUT2D eigenvalue weighted by molar-refractivity contribution is 0.203. The largest absolute Gasteiger partial charge is 0.491 e. The normalized spacial score (nSPS) is 11.3. The van der Waals surface area contributed by atoms with E-state index in [1.54, 1.807) is 0 Å². The Hall–Kier alpha value is -4.14. The van der Waals surface area contributed by atoms with E-state index in [-0.39, 0.29) is 13.2 Å². The molecule has 0 aliphatic rings. The first kappa shape index (κ1) is 20.5. The van der Waals surface area contributed by atoms with E-state index in [1.165, 1.54) is 32.7 Å². The summed E-state index contributed by atoms with van der Waals surface area (Å²) < 4.78 is 5.98. The molecule has 0 saturated heterocycles. The lowest BCUT2D eigenvalue weighted by Crippen LogP contribution is -2.02. The van der Waals surface area contributed by atoms with Crippen molar-refractivity contribution >= 4 is 32.3 Å². The van der Waals surface area contributed by atoms with E-state index in [9.17, 15) is 5.11 Å². The number of rotatable bonds is 5. The van der Waals surface area contributed by atoms with Gasteiger partial charge in [-0.15, -0.1) is 0 Å². The van der Waals surface area contributed by atoms with E-state index in [4.69, 9.17) is 4.74 Å². The Morgan fingerprint density at radius 3 is 1.97 bits per heavy atom. The van der Waals surface area contributed by atoms with Crippen LogP contribution in [0.3, 0.4) is 0 Å². The molecule has 6 rings (SSSR count). The van der Waals surface area contributed by atoms with Gasteiger partial charge in [0.05, 0.1) is 6.61 Å². The summed E-state index contributed by atoms with van der Waals surface area (Å²) in [5.41, 5.74) is 4.70. The van der Waals surface area contributed by atoms with Crippen LogP contribution in [0, 0.1) is 0 Å². The molecule has 0 aliphatic carbocycles. The molecule has 0 heterocycles. The second-order valence-electron chi connectivity index (χ2n) is 8.50. The Labute approximate surface area is 198 Å². The molecule has 164 valence electrons. The van der Waals surface area contributed by atoms with Crippen molar-refractivity contribution in [3.05, 3.63) is 115 Å². The predicted molar refractivity (Wildman–Crippen MR) is 142 cm³/mol. The first-order chi connectivity index (χ1) is 16.8. The van der Waals surface area contributed by atoms with Crippen molar-refractivity contribution in [2.75, 3.05) is 13.2 Å². The summed E-state index contributed by atoms with van der Waals surface area (Å²) in [5, 5.41) is 16.4. The molecule has 0 bridgehead atoms. The number of fused-ring (bicyclic) bond motifs is 3. The number of aliphatic hydroxyl groups is 1. The fourth-order valence-corrected chi connectivity index (χ4v) is 4.95. The van der Waals surface area contributed by atoms with Crippen LogP contribution in [0.2, 0.25) is 0 Å². The van der Waals surface area contributed by atoms with Gasteiger partial charge in [0.25, 0.3) is 0 Å². The minimum atomic E-state index is -0.0181. The average molecular weight is 441 g/mol. The van der Waals surface area contributed by atoms with Crippen LogP contribution in [0.5, 0.6) is 5.75 Å². The summed E-state index contributed by atoms with van der Waals surface area (Å²) in [6, 6.07) is 40.7. The fourth-order valence-electron chi connectivity index (χ4n) is 4.95. The molecule has 1 N–H and O–H groups in total. The maximum atomic E-state index is 9.37. The third-order valence-corrected chi connectivity index (χ3v) is 6.47. The van der Waals surface area contributed by atoms with Gasteiger partial charge in [-0.2, -0.15) is 0 Å². The molecule has 0 atom stereocenters. The fraction of sp³-hybridized carbons (Fsp3) is 0.0625. The second-order valence-corrected chi connectivity index (χ2v) is 8.50. The average Bonchev–Trinajstić information content (AvgIpc) is 2.90. The zero-order chi connectivity index (χ0) is 22.9. The first-order valence-electron chi connectivity index (χ1n) is 11.6. The Kier molecular flexibility index (Phi) is 5.21. The van der Waals surface area contributed by atoms with Crippen LogP contribution in [0.15, 0.2) is 115 Å². The van der Waals surface area contributed by atoms with Gasteiger partial charge in [0, 0.05) is 5.39 Å². The predicted octanol–water partition coefficient (Wildman–Crippen LogP) is 7.85. The van der Waals surface area contributed by atoms with Crippen LogP contribution in [0.1, 0.15) is 0 Å². The van der Waals surface area contributed by atoms with Gasteiger partial charge in [-0.05, 0) is 61.3 Å². The molecule has 0 saturated carbocycles. The topological polar surface area (TPSA) is 29.5 Å². The van der Waals surface area contributed by atoms with E-state index >= 15 is 0 Å². The van der Waals surface area contributed by atoms with E-state index < -0.39 is 0 Å². The van der Waals surface area contributed by atoms with Gasteiger partial charge in [-0.3, -0.25) is 0 Å². The number of aliphatic hydroxyl groups excluding tert-OH is 1. The van der Waals surface area contributed by atoms with Crippen LogP contribution < -0.4 is 4.74 Å². The first-order valence-corrected chi connectivity index (χ1v) is 11.6. The molecule has 0 aromatic heterocycles. The van der Waals surface area contributed by atoms with Gasteiger partial charge in [0.1, 0.15) is 12.4 Å². The Bertz CT molecular complexity index is 1640. The van der Waals surface area contributed by atoms with Crippen LogP contribution >= 0.6 is 0 Å². The van der Waals surface area contributed by atoms with Crippen molar-refractivity contribution in [2.24, 2.45) is 0 Å². The van der Waals surface area contributed by atoms with Crippen LogP contribution in [0.4, 0.5) is 0 Å². The summed E-state index contributed by atoms with van der Waals surface area (Å²) in [4.78, 5) is 0. The standard InChI is InChI=1S/C32H24O2/c33-18-19-34-31-21-25(20-24-10-3-5-13-27(24)31)29-17-16-23-9-2-6-14-28(23)32(29)30-15-7-11-22-8-1-4-12-26(22)30/h1-17,20-21,33H,18-19H2. The summed E-state index contributed by atoms with van der Waals surface area (Å²) >= 11 is 0. The van der Waals surface area contributed by atoms with Crippen molar-refractivity contribution in [2.45, 2.75) is 0 Å². The Balaban J connectivity index is 1.69. The van der Waals surface area contributed by atoms with Crippen molar-refractivity contribution in [3.8, 4) is 28.0 Å². The van der Waals surface area contributed by atoms with Crippen molar-refractivity contribution in [1.82, 2.24) is 0 Å². The van der Waals surface area contributed by atoms with Crippen LogP contribution in [-0.4, -0.2) is 18.3 Å². The summed E-state index contributed by atoms with van der Waals surface area (Å²) in [6.45, 7) is 0.247. The number of hydrogen-bond acceptors (Lipinski definition) is 2. The minimum absolute atomic E-state index is 0.0181. The molecule has 6 aromatic rings. The zero-order valence-electron chi connectivity index (χ0n) is 18.7. The maximum Gasteiger partial charge on any atom is 0.127 e. The zero-order valence-corrected chi connectivity index (χ0v) is 18.7. The minimum Gasteiger partial charge on any atom is -0.491 e. The van der Waals surface area contributed by atoms with Gasteiger partial charge in [-0.1, -0.05) is 103 Å². The molecule has 34 heavy (non-hydrogen) atoms. The van der Waals surface area contributed by atoms with Crippen molar-refractivity contribution in [1.29, 1.82) is 0 Å². The SMILES string of the molecule is OCCOc1cc(-c2ccc3ccccc3c2-c2cccc3ccccc23)cc2ccccc12. The molecule has 0 unspecified atom stereocenters. The molecule has 0 radical (unpaired) electrons. The Morgan fingerprint density at radius 2 is 1.18 bits per heavy atom. The number of benzene rings is 6. The van der Waals surface area contributed by atoms with Crippen molar-refractivity contribution < 1.29 is 9.84 Å².